The first-order chi connectivity index (χ1) is 11.6. The van der Waals surface area contributed by atoms with Crippen LogP contribution in [0.2, 0.25) is 0 Å². The second-order valence-electron chi connectivity index (χ2n) is 6.72. The van der Waals surface area contributed by atoms with Crippen molar-refractivity contribution in [1.82, 2.24) is 15.5 Å². The number of rotatable bonds is 8. The van der Waals surface area contributed by atoms with E-state index in [2.05, 4.69) is 15.6 Å². The predicted molar refractivity (Wildman–Crippen MR) is 110 cm³/mol. The molecule has 0 aromatic heterocycles. The molecule has 25 heavy (non-hydrogen) atoms. The number of guanidine groups is 1. The van der Waals surface area contributed by atoms with Gasteiger partial charge in [0, 0.05) is 39.9 Å². The molecule has 2 N–H and O–H groups in total. The lowest BCUT2D eigenvalue weighted by molar-refractivity contribution is -0.127. The lowest BCUT2D eigenvalue weighted by Gasteiger charge is -2.18. The zero-order chi connectivity index (χ0) is 17.2. The van der Waals surface area contributed by atoms with Crippen molar-refractivity contribution in [1.29, 1.82) is 0 Å². The molecule has 2 fully saturated rings. The van der Waals surface area contributed by atoms with Gasteiger partial charge in [-0.2, -0.15) is 0 Å². The fourth-order valence-electron chi connectivity index (χ4n) is 2.88. The van der Waals surface area contributed by atoms with Crippen molar-refractivity contribution in [3.05, 3.63) is 0 Å². The van der Waals surface area contributed by atoms with Crippen LogP contribution >= 0.6 is 24.0 Å². The minimum absolute atomic E-state index is 0. The lowest BCUT2D eigenvalue weighted by Crippen LogP contribution is -2.43. The minimum atomic E-state index is 0. The summed E-state index contributed by atoms with van der Waals surface area (Å²) >= 11 is 0. The third-order valence-electron chi connectivity index (χ3n) is 4.42. The molecule has 0 radical (unpaired) electrons. The molecule has 1 unspecified atom stereocenters. The average molecular weight is 468 g/mol. The molecule has 8 heteroatoms. The van der Waals surface area contributed by atoms with Gasteiger partial charge in [-0.05, 0) is 25.7 Å². The number of carbonyl (C=O) groups excluding carboxylic acids is 1. The molecule has 0 spiro atoms. The summed E-state index contributed by atoms with van der Waals surface area (Å²) in [6, 6.07) is 0.470. The van der Waals surface area contributed by atoms with Gasteiger partial charge in [-0.3, -0.25) is 4.79 Å². The maximum Gasteiger partial charge on any atom is 0.243 e. The number of carbonyl (C=O) groups is 1. The van der Waals surface area contributed by atoms with Crippen LogP contribution < -0.4 is 10.6 Å². The van der Waals surface area contributed by atoms with E-state index in [1.54, 1.807) is 19.0 Å². The number of hydrogen-bond donors (Lipinski definition) is 2. The molecule has 0 aromatic rings. The number of nitrogens with one attached hydrogen (secondary N) is 2. The normalized spacial score (nSPS) is 21.0. The lowest BCUT2D eigenvalue weighted by atomic mass is 10.2. The zero-order valence-corrected chi connectivity index (χ0v) is 17.8. The van der Waals surface area contributed by atoms with Gasteiger partial charge in [0.05, 0.1) is 12.7 Å². The predicted octanol–water partition coefficient (Wildman–Crippen LogP) is 1.37. The van der Waals surface area contributed by atoms with Gasteiger partial charge in [-0.15, -0.1) is 24.0 Å². The summed E-state index contributed by atoms with van der Waals surface area (Å²) in [6.45, 7) is 3.20. The van der Waals surface area contributed by atoms with E-state index in [4.69, 9.17) is 9.47 Å². The second-order valence-corrected chi connectivity index (χ2v) is 6.72. The van der Waals surface area contributed by atoms with Gasteiger partial charge in [0.1, 0.15) is 6.54 Å². The van der Waals surface area contributed by atoms with Crippen LogP contribution in [0, 0.1) is 0 Å². The van der Waals surface area contributed by atoms with Gasteiger partial charge in [0.25, 0.3) is 0 Å². The molecule has 7 nitrogen and oxygen atoms in total. The molecule has 2 rings (SSSR count). The molecule has 0 aromatic carbocycles. The molecule has 1 amide bonds. The van der Waals surface area contributed by atoms with Crippen molar-refractivity contribution >= 4 is 35.8 Å². The van der Waals surface area contributed by atoms with Gasteiger partial charge < -0.3 is 25.0 Å². The number of likely N-dealkylation sites (N-methyl/N-ethyl adjacent to an activating group) is 1. The van der Waals surface area contributed by atoms with Crippen LogP contribution in [0.3, 0.4) is 0 Å². The largest absolute Gasteiger partial charge is 0.379 e. The number of ether oxygens (including phenoxy) is 2. The highest BCUT2D eigenvalue weighted by atomic mass is 127. The van der Waals surface area contributed by atoms with Crippen LogP contribution in [0.1, 0.15) is 38.5 Å². The summed E-state index contributed by atoms with van der Waals surface area (Å²) in [5, 5.41) is 6.77. The summed E-state index contributed by atoms with van der Waals surface area (Å²) in [4.78, 5) is 17.7. The topological polar surface area (TPSA) is 75.2 Å². The zero-order valence-electron chi connectivity index (χ0n) is 15.5. The van der Waals surface area contributed by atoms with E-state index in [0.29, 0.717) is 12.6 Å². The Kier molecular flexibility index (Phi) is 11.4. The molecule has 2 aliphatic rings. The van der Waals surface area contributed by atoms with Gasteiger partial charge in [0.15, 0.2) is 5.96 Å². The second kappa shape index (κ2) is 12.7. The Hall–Kier alpha value is -0.610. The third-order valence-corrected chi connectivity index (χ3v) is 4.42. The maximum absolute atomic E-state index is 11.7. The van der Waals surface area contributed by atoms with E-state index in [9.17, 15) is 4.79 Å². The quantitative estimate of drug-likeness (QED) is 0.244. The molecule has 1 saturated heterocycles. The van der Waals surface area contributed by atoms with E-state index >= 15 is 0 Å². The smallest absolute Gasteiger partial charge is 0.243 e. The maximum atomic E-state index is 11.7. The van der Waals surface area contributed by atoms with Crippen LogP contribution in [0.25, 0.3) is 0 Å². The first-order valence-corrected chi connectivity index (χ1v) is 9.09. The molecule has 146 valence electrons. The van der Waals surface area contributed by atoms with E-state index in [0.717, 1.165) is 38.6 Å². The number of amides is 1. The first kappa shape index (κ1) is 22.4. The SMILES string of the molecule is CN(C)C(=O)CN=C(NCCCOC1CCOC1)NC1CCCC1.I. The van der Waals surface area contributed by atoms with Crippen molar-refractivity contribution in [2.75, 3.05) is 47.0 Å². The van der Waals surface area contributed by atoms with Gasteiger partial charge in [0.2, 0.25) is 5.91 Å². The van der Waals surface area contributed by atoms with Crippen molar-refractivity contribution in [2.45, 2.75) is 50.7 Å². The van der Waals surface area contributed by atoms with Crippen molar-refractivity contribution in [3.8, 4) is 0 Å². The van der Waals surface area contributed by atoms with Crippen LogP contribution in [-0.2, 0) is 14.3 Å². The monoisotopic (exact) mass is 468 g/mol. The summed E-state index contributed by atoms with van der Waals surface area (Å²) in [5.74, 6) is 0.744. The molecular formula is C17H33IN4O3. The number of hydrogen-bond acceptors (Lipinski definition) is 4. The molecule has 1 atom stereocenters. The van der Waals surface area contributed by atoms with Gasteiger partial charge in [-0.25, -0.2) is 4.99 Å². The van der Waals surface area contributed by atoms with Crippen LogP contribution in [0.15, 0.2) is 4.99 Å². The molecule has 1 heterocycles. The molecule has 1 aliphatic carbocycles. The van der Waals surface area contributed by atoms with Crippen molar-refractivity contribution in [2.24, 2.45) is 4.99 Å². The standard InChI is InChI=1S/C17H32N4O3.HI/c1-21(2)16(22)12-19-17(20-14-6-3-4-7-14)18-9-5-10-24-15-8-11-23-13-15;/h14-15H,3-13H2,1-2H3,(H2,18,19,20);1H. The van der Waals surface area contributed by atoms with E-state index in [-0.39, 0.29) is 42.5 Å². The Morgan fingerprint density at radius 3 is 2.68 bits per heavy atom. The Labute approximate surface area is 168 Å². The number of nitrogens with zero attached hydrogens (tertiary/aromatic N) is 2. The molecular weight excluding hydrogens is 435 g/mol. The molecule has 1 aliphatic heterocycles. The highest BCUT2D eigenvalue weighted by Crippen LogP contribution is 2.17. The molecule has 0 bridgehead atoms. The van der Waals surface area contributed by atoms with Gasteiger partial charge in [-0.1, -0.05) is 12.8 Å². The van der Waals surface area contributed by atoms with Crippen LogP contribution in [0.4, 0.5) is 0 Å². The average Bonchev–Trinajstić information content (AvgIpc) is 3.25. The Bertz CT molecular complexity index is 409. The highest BCUT2D eigenvalue weighted by molar-refractivity contribution is 14.0. The van der Waals surface area contributed by atoms with E-state index in [1.165, 1.54) is 25.7 Å². The van der Waals surface area contributed by atoms with Crippen LogP contribution in [-0.4, -0.2) is 75.9 Å². The fraction of sp³-hybridized carbons (Fsp3) is 0.882. The Morgan fingerprint density at radius 2 is 2.04 bits per heavy atom. The summed E-state index contributed by atoms with van der Waals surface area (Å²) in [7, 11) is 3.50. The summed E-state index contributed by atoms with van der Waals surface area (Å²) in [5.41, 5.74) is 0. The third kappa shape index (κ3) is 9.05. The van der Waals surface area contributed by atoms with Gasteiger partial charge >= 0.3 is 0 Å². The minimum Gasteiger partial charge on any atom is -0.379 e. The van der Waals surface area contributed by atoms with Crippen molar-refractivity contribution < 1.29 is 14.3 Å². The summed E-state index contributed by atoms with van der Waals surface area (Å²) in [6.07, 6.45) is 7.03. The number of halogens is 1. The molecule has 1 saturated carbocycles. The van der Waals surface area contributed by atoms with E-state index < -0.39 is 0 Å². The van der Waals surface area contributed by atoms with Crippen LogP contribution in [0.5, 0.6) is 0 Å². The Balaban J connectivity index is 0.00000312. The Morgan fingerprint density at radius 1 is 1.28 bits per heavy atom. The number of aliphatic imine (C=N–C) groups is 1. The summed E-state index contributed by atoms with van der Waals surface area (Å²) < 4.78 is 11.1. The fourth-order valence-corrected chi connectivity index (χ4v) is 2.88. The van der Waals surface area contributed by atoms with E-state index in [1.807, 2.05) is 0 Å². The highest BCUT2D eigenvalue weighted by Gasteiger charge is 2.17. The first-order valence-electron chi connectivity index (χ1n) is 9.09. The van der Waals surface area contributed by atoms with Crippen molar-refractivity contribution in [3.63, 3.8) is 0 Å².